The maximum Gasteiger partial charge on any atom is 0.00416 e. The van der Waals surface area contributed by atoms with Crippen molar-refractivity contribution in [1.82, 2.24) is 0 Å². The lowest BCUT2D eigenvalue weighted by atomic mass is 9.62. The monoisotopic (exact) mass is 181 g/mol. The molecular weight excluding hydrogens is 158 g/mol. The van der Waals surface area contributed by atoms with Gasteiger partial charge in [0.2, 0.25) is 0 Å². The van der Waals surface area contributed by atoms with Crippen LogP contribution in [-0.4, -0.2) is 6.04 Å². The van der Waals surface area contributed by atoms with E-state index >= 15 is 0 Å². The molecule has 0 saturated heterocycles. The van der Waals surface area contributed by atoms with E-state index in [-0.39, 0.29) is 0 Å². The molecule has 0 heterocycles. The van der Waals surface area contributed by atoms with Gasteiger partial charge in [0, 0.05) is 6.04 Å². The number of hydrogen-bond donors (Lipinski definition) is 1. The highest BCUT2D eigenvalue weighted by molar-refractivity contribution is 4.90. The fourth-order valence-corrected chi connectivity index (χ4v) is 3.38. The quantitative estimate of drug-likeness (QED) is 0.611. The standard InChI is InChI=1S/C12H23N/c1-12(2)6-5-9-3-4-11(13)7-10(9)8-12/h9-11H,3-8,13H2,1-2H3. The summed E-state index contributed by atoms with van der Waals surface area (Å²) in [4.78, 5) is 0. The Morgan fingerprint density at radius 1 is 1.08 bits per heavy atom. The van der Waals surface area contributed by atoms with Crippen LogP contribution in [0.4, 0.5) is 0 Å². The van der Waals surface area contributed by atoms with Crippen LogP contribution in [0.15, 0.2) is 0 Å². The van der Waals surface area contributed by atoms with E-state index in [1.54, 1.807) is 0 Å². The molecule has 0 aliphatic heterocycles. The summed E-state index contributed by atoms with van der Waals surface area (Å²) in [6, 6.07) is 0.509. The van der Waals surface area contributed by atoms with E-state index in [4.69, 9.17) is 5.73 Å². The normalized spacial score (nSPS) is 44.1. The van der Waals surface area contributed by atoms with Crippen molar-refractivity contribution in [3.05, 3.63) is 0 Å². The first-order valence-electron chi connectivity index (χ1n) is 5.82. The molecule has 0 bridgehead atoms. The van der Waals surface area contributed by atoms with Crippen LogP contribution in [-0.2, 0) is 0 Å². The van der Waals surface area contributed by atoms with Gasteiger partial charge in [0.25, 0.3) is 0 Å². The second-order valence-electron chi connectivity index (χ2n) is 6.00. The Balaban J connectivity index is 2.00. The summed E-state index contributed by atoms with van der Waals surface area (Å²) in [7, 11) is 0. The third kappa shape index (κ3) is 2.07. The maximum atomic E-state index is 6.03. The van der Waals surface area contributed by atoms with Crippen molar-refractivity contribution < 1.29 is 0 Å². The summed E-state index contributed by atoms with van der Waals surface area (Å²) in [6.07, 6.45) is 8.30. The Hall–Kier alpha value is -0.0400. The van der Waals surface area contributed by atoms with E-state index < -0.39 is 0 Å². The van der Waals surface area contributed by atoms with Crippen molar-refractivity contribution in [3.8, 4) is 0 Å². The van der Waals surface area contributed by atoms with Gasteiger partial charge < -0.3 is 5.73 Å². The first-order chi connectivity index (χ1) is 6.07. The first-order valence-corrected chi connectivity index (χ1v) is 5.82. The molecule has 3 atom stereocenters. The molecule has 0 aromatic heterocycles. The molecule has 2 aliphatic carbocycles. The van der Waals surface area contributed by atoms with E-state index in [0.717, 1.165) is 11.8 Å². The predicted octanol–water partition coefficient (Wildman–Crippen LogP) is 2.94. The van der Waals surface area contributed by atoms with Gasteiger partial charge in [-0.1, -0.05) is 13.8 Å². The van der Waals surface area contributed by atoms with Crippen molar-refractivity contribution in [2.75, 3.05) is 0 Å². The van der Waals surface area contributed by atoms with Crippen molar-refractivity contribution in [2.45, 2.75) is 58.4 Å². The Labute approximate surface area is 82.1 Å². The van der Waals surface area contributed by atoms with Crippen LogP contribution in [0.1, 0.15) is 52.4 Å². The van der Waals surface area contributed by atoms with Crippen LogP contribution in [0, 0.1) is 17.3 Å². The van der Waals surface area contributed by atoms with Crippen molar-refractivity contribution >= 4 is 0 Å². The van der Waals surface area contributed by atoms with E-state index in [9.17, 15) is 0 Å². The molecule has 0 aromatic rings. The summed E-state index contributed by atoms with van der Waals surface area (Å²) in [5.41, 5.74) is 6.63. The molecule has 2 N–H and O–H groups in total. The van der Waals surface area contributed by atoms with Crippen LogP contribution >= 0.6 is 0 Å². The Morgan fingerprint density at radius 2 is 1.85 bits per heavy atom. The van der Waals surface area contributed by atoms with Gasteiger partial charge in [-0.2, -0.15) is 0 Å². The Bertz CT molecular complexity index is 186. The molecule has 0 aromatic carbocycles. The second kappa shape index (κ2) is 3.27. The molecule has 3 unspecified atom stereocenters. The Kier molecular flexibility index (Phi) is 2.39. The molecular formula is C12H23N. The SMILES string of the molecule is CC1(C)CCC2CCC(N)CC2C1. The highest BCUT2D eigenvalue weighted by Gasteiger charge is 2.37. The molecule has 0 amide bonds. The minimum Gasteiger partial charge on any atom is -0.328 e. The minimum absolute atomic E-state index is 0.509. The van der Waals surface area contributed by atoms with E-state index in [1.165, 1.54) is 38.5 Å². The maximum absolute atomic E-state index is 6.03. The van der Waals surface area contributed by atoms with Gasteiger partial charge >= 0.3 is 0 Å². The van der Waals surface area contributed by atoms with Gasteiger partial charge in [0.1, 0.15) is 0 Å². The second-order valence-corrected chi connectivity index (χ2v) is 6.00. The van der Waals surface area contributed by atoms with Gasteiger partial charge in [-0.15, -0.1) is 0 Å². The van der Waals surface area contributed by atoms with E-state index in [2.05, 4.69) is 13.8 Å². The lowest BCUT2D eigenvalue weighted by molar-refractivity contribution is 0.0759. The summed E-state index contributed by atoms with van der Waals surface area (Å²) in [5.74, 6) is 1.97. The zero-order chi connectivity index (χ0) is 9.47. The molecule has 2 fully saturated rings. The van der Waals surface area contributed by atoms with Crippen LogP contribution in [0.3, 0.4) is 0 Å². The zero-order valence-electron chi connectivity index (χ0n) is 9.05. The number of fused-ring (bicyclic) bond motifs is 1. The molecule has 1 heteroatoms. The van der Waals surface area contributed by atoms with E-state index in [0.29, 0.717) is 11.5 Å². The lowest BCUT2D eigenvalue weighted by Gasteiger charge is -2.44. The fraction of sp³-hybridized carbons (Fsp3) is 1.00. The number of nitrogens with two attached hydrogens (primary N) is 1. The largest absolute Gasteiger partial charge is 0.328 e. The van der Waals surface area contributed by atoms with Gasteiger partial charge in [0.05, 0.1) is 0 Å². The molecule has 2 aliphatic rings. The average molecular weight is 181 g/mol. The lowest BCUT2D eigenvalue weighted by Crippen LogP contribution is -2.38. The average Bonchev–Trinajstić information content (AvgIpc) is 2.01. The third-order valence-electron chi connectivity index (χ3n) is 4.19. The Morgan fingerprint density at radius 3 is 2.62 bits per heavy atom. The fourth-order valence-electron chi connectivity index (χ4n) is 3.38. The topological polar surface area (TPSA) is 26.0 Å². The summed E-state index contributed by atoms with van der Waals surface area (Å²) in [6.45, 7) is 4.84. The molecule has 2 rings (SSSR count). The van der Waals surface area contributed by atoms with Crippen LogP contribution < -0.4 is 5.73 Å². The van der Waals surface area contributed by atoms with Crippen LogP contribution in [0.5, 0.6) is 0 Å². The minimum atomic E-state index is 0.509. The summed E-state index contributed by atoms with van der Waals surface area (Å²) >= 11 is 0. The zero-order valence-corrected chi connectivity index (χ0v) is 9.05. The summed E-state index contributed by atoms with van der Waals surface area (Å²) < 4.78 is 0. The van der Waals surface area contributed by atoms with Crippen molar-refractivity contribution in [3.63, 3.8) is 0 Å². The smallest absolute Gasteiger partial charge is 0.00416 e. The van der Waals surface area contributed by atoms with Crippen molar-refractivity contribution in [1.29, 1.82) is 0 Å². The number of hydrogen-bond acceptors (Lipinski definition) is 1. The van der Waals surface area contributed by atoms with Gasteiger partial charge in [-0.05, 0) is 55.8 Å². The van der Waals surface area contributed by atoms with Gasteiger partial charge in [-0.25, -0.2) is 0 Å². The highest BCUT2D eigenvalue weighted by Crippen LogP contribution is 2.47. The van der Waals surface area contributed by atoms with Crippen molar-refractivity contribution in [2.24, 2.45) is 23.0 Å². The van der Waals surface area contributed by atoms with Gasteiger partial charge in [0.15, 0.2) is 0 Å². The molecule has 76 valence electrons. The third-order valence-corrected chi connectivity index (χ3v) is 4.19. The number of rotatable bonds is 0. The molecule has 13 heavy (non-hydrogen) atoms. The summed E-state index contributed by atoms with van der Waals surface area (Å²) in [5, 5.41) is 0. The van der Waals surface area contributed by atoms with Gasteiger partial charge in [-0.3, -0.25) is 0 Å². The molecule has 1 nitrogen and oxygen atoms in total. The van der Waals surface area contributed by atoms with E-state index in [1.807, 2.05) is 0 Å². The molecule has 0 radical (unpaired) electrons. The van der Waals surface area contributed by atoms with Crippen LogP contribution in [0.25, 0.3) is 0 Å². The molecule has 0 spiro atoms. The highest BCUT2D eigenvalue weighted by atomic mass is 14.6. The molecule has 2 saturated carbocycles. The predicted molar refractivity (Wildman–Crippen MR) is 56.4 cm³/mol. The first kappa shape index (κ1) is 9.51. The van der Waals surface area contributed by atoms with Crippen LogP contribution in [0.2, 0.25) is 0 Å².